The van der Waals surface area contributed by atoms with Crippen molar-refractivity contribution in [2.45, 2.75) is 382 Å². The SMILES string of the molecule is Cc1cc(C(C)(C)C)c2cc(C(C)(C)C)ccc2c1.Cc1cc(C(C)(C)C)ccc1C(C)(C)C.Cc1cc2cc(C)c(C(C)(C)C)cc2cc1C(C)(C)C.Cc1ccc(-c2cc(C(C)(C)C)c(C)cc2C(C)(C)C)cc1.Cc1ccc2c(c1)C(c1ccc(C(C)(C)C)cc1)(c1ccc(C(C)(C)C)cc1)c1cc(C)ccc1-2.Cc1ccc2cc(C(C)(C)C)c(C(C)(C)C)cc2c1. The first kappa shape index (κ1) is 104. The third-order valence-electron chi connectivity index (χ3n) is 26.7. The summed E-state index contributed by atoms with van der Waals surface area (Å²) in [4.78, 5) is 0. The van der Waals surface area contributed by atoms with Gasteiger partial charge in [0, 0.05) is 0 Å². The third-order valence-corrected chi connectivity index (χ3v) is 26.7. The minimum atomic E-state index is -0.338. The highest BCUT2D eigenvalue weighted by molar-refractivity contribution is 5.90. The van der Waals surface area contributed by atoms with Gasteiger partial charge in [0.1, 0.15) is 0 Å². The fraction of sp³-hybridized carbons (Fsp3) is 0.446. The molecule has 0 N–H and O–H groups in total. The van der Waals surface area contributed by atoms with Gasteiger partial charge in [-0.1, -0.05) is 502 Å². The molecule has 0 radical (unpaired) electrons. The van der Waals surface area contributed by atoms with Crippen LogP contribution in [0.25, 0.3) is 54.6 Å². The van der Waals surface area contributed by atoms with E-state index >= 15 is 0 Å². The molecule has 692 valence electrons. The van der Waals surface area contributed by atoms with Gasteiger partial charge in [-0.2, -0.15) is 0 Å². The molecule has 0 amide bonds. The maximum absolute atomic E-state index is 2.42. The number of rotatable bonds is 3. The number of fused-ring (bicyclic) bond motifs is 6. The Balaban J connectivity index is 0.000000180. The second kappa shape index (κ2) is 38.0. The van der Waals surface area contributed by atoms with E-state index in [9.17, 15) is 0 Å². The van der Waals surface area contributed by atoms with Gasteiger partial charge < -0.3 is 0 Å². The first-order chi connectivity index (χ1) is 59.2. The molecule has 0 fully saturated rings. The van der Waals surface area contributed by atoms with E-state index in [0.29, 0.717) is 0 Å². The van der Waals surface area contributed by atoms with Crippen molar-refractivity contribution in [3.8, 4) is 22.3 Å². The first-order valence-corrected chi connectivity index (χ1v) is 48.7. The van der Waals surface area contributed by atoms with Gasteiger partial charge in [-0.25, -0.2) is 0 Å². The molecule has 14 rings (SSSR count). The minimum Gasteiger partial charge on any atom is -0.0587 e. The lowest BCUT2D eigenvalue weighted by Gasteiger charge is -2.35. The highest BCUT2D eigenvalue weighted by Gasteiger charge is 2.47. The van der Waals surface area contributed by atoms with Crippen LogP contribution in [-0.2, 0) is 70.4 Å². The second-order valence-electron chi connectivity index (χ2n) is 51.3. The fourth-order valence-corrected chi connectivity index (χ4v) is 19.3. The molecular weight excluding hydrogens is 1560 g/mol. The van der Waals surface area contributed by atoms with Crippen LogP contribution < -0.4 is 0 Å². The van der Waals surface area contributed by atoms with Crippen molar-refractivity contribution in [3.63, 3.8) is 0 Å². The van der Waals surface area contributed by atoms with Crippen LogP contribution in [0.5, 0.6) is 0 Å². The zero-order valence-electron chi connectivity index (χ0n) is 90.4. The largest absolute Gasteiger partial charge is 0.0713 e. The van der Waals surface area contributed by atoms with Crippen LogP contribution in [0.15, 0.2) is 224 Å². The molecule has 1 aliphatic carbocycles. The third kappa shape index (κ3) is 24.7. The van der Waals surface area contributed by atoms with Crippen molar-refractivity contribution in [2.75, 3.05) is 0 Å². The van der Waals surface area contributed by atoms with E-state index in [1.807, 2.05) is 0 Å². The molecule has 0 atom stereocenters. The number of hydrogen-bond acceptors (Lipinski definition) is 0. The Bertz CT molecular complexity index is 5990. The lowest BCUT2D eigenvalue weighted by Crippen LogP contribution is -2.29. The number of benzene rings is 13. The summed E-state index contributed by atoms with van der Waals surface area (Å²) in [5.41, 5.74) is 42.1. The van der Waals surface area contributed by atoms with Crippen molar-refractivity contribution < 1.29 is 0 Å². The van der Waals surface area contributed by atoms with Crippen molar-refractivity contribution in [3.05, 3.63) is 364 Å². The molecule has 0 saturated heterocycles. The molecule has 0 spiro atoms. The van der Waals surface area contributed by atoms with Crippen LogP contribution in [0.3, 0.4) is 0 Å². The molecule has 13 aromatic carbocycles. The highest BCUT2D eigenvalue weighted by Crippen LogP contribution is 2.57. The van der Waals surface area contributed by atoms with E-state index in [1.54, 1.807) is 0 Å². The molecule has 1 aliphatic rings. The Hall–Kier alpha value is -9.36. The lowest BCUT2D eigenvalue weighted by molar-refractivity contribution is 0.531. The van der Waals surface area contributed by atoms with E-state index < -0.39 is 0 Å². The molecule has 13 aromatic rings. The number of hydrogen-bond donors (Lipinski definition) is 0. The van der Waals surface area contributed by atoms with Gasteiger partial charge in [0.25, 0.3) is 0 Å². The van der Waals surface area contributed by atoms with E-state index in [-0.39, 0.29) is 70.4 Å². The van der Waals surface area contributed by atoms with Gasteiger partial charge in [-0.05, 0) is 293 Å². The van der Waals surface area contributed by atoms with Gasteiger partial charge in [0.2, 0.25) is 0 Å². The summed E-state index contributed by atoms with van der Waals surface area (Å²) < 4.78 is 0. The zero-order valence-corrected chi connectivity index (χ0v) is 90.4. The Labute approximate surface area is 794 Å². The Morgan fingerprint density at radius 3 is 0.854 bits per heavy atom. The lowest BCUT2D eigenvalue weighted by atomic mass is 9.66. The van der Waals surface area contributed by atoms with Gasteiger partial charge in [0.05, 0.1) is 5.41 Å². The average molecular weight is 1730 g/mol. The van der Waals surface area contributed by atoms with Crippen molar-refractivity contribution in [2.24, 2.45) is 0 Å². The summed E-state index contributed by atoms with van der Waals surface area (Å²) in [6.07, 6.45) is 0. The topological polar surface area (TPSA) is 0 Å². The van der Waals surface area contributed by atoms with Gasteiger partial charge >= 0.3 is 0 Å². The van der Waals surface area contributed by atoms with Gasteiger partial charge in [0.15, 0.2) is 0 Å². The first-order valence-electron chi connectivity index (χ1n) is 48.7. The van der Waals surface area contributed by atoms with E-state index in [2.05, 4.69) is 536 Å². The van der Waals surface area contributed by atoms with E-state index in [4.69, 9.17) is 0 Å². The maximum Gasteiger partial charge on any atom is 0.0713 e. The molecule has 0 aliphatic heterocycles. The number of aryl methyl sites for hydroxylation is 9. The average Bonchev–Trinajstić information content (AvgIpc) is 1.54. The molecule has 0 nitrogen and oxygen atoms in total. The van der Waals surface area contributed by atoms with E-state index in [0.717, 1.165) is 0 Å². The molecule has 130 heavy (non-hydrogen) atoms. The molecule has 0 unspecified atom stereocenters. The van der Waals surface area contributed by atoms with Gasteiger partial charge in [-0.15, -0.1) is 0 Å². The van der Waals surface area contributed by atoms with Crippen LogP contribution in [-0.4, -0.2) is 0 Å². The summed E-state index contributed by atoms with van der Waals surface area (Å²) in [6.45, 7) is 102. The monoisotopic (exact) mass is 1730 g/mol. The molecule has 0 bridgehead atoms. The fourth-order valence-electron chi connectivity index (χ4n) is 19.3. The standard InChI is InChI=1S/C35H38.C22H30.C20H28.2C19H26.C15H24/c1-23-9-19-29-30-20-10-24(2)22-32(30)35(31(29)21-23,27-15-11-25(12-16-27)33(3,4)5)28-17-13-26(14-18-28)34(6,7)8;1-15-9-11-17(12-10-15)18-14-19(21(3,4)5)16(2)13-20(18)22(6,7)8;1-13-9-15-10-14(2)18(20(6,7)8)12-16(15)11-17(13)19(3,4)5;1-13-10-14-8-9-15(18(2,3)4)12-16(14)17(11-13)19(5,6)7;1-13-8-9-14-11-16(18(2,3)4)17(19(5,6)7)12-15(14)10-13;1-11-10-12(14(2,3)4)8-9-13(11)15(5,6)7/h9-22H,1-8H3;9-14H,1-8H3;9-12H,1-8H3;2*8-12H,1-7H3;8-10H,1-7H3. The maximum atomic E-state index is 2.42. The summed E-state index contributed by atoms with van der Waals surface area (Å²) in [5, 5.41) is 8.21. The summed E-state index contributed by atoms with van der Waals surface area (Å²) in [6, 6.07) is 86.0. The van der Waals surface area contributed by atoms with Gasteiger partial charge in [-0.3, -0.25) is 0 Å². The van der Waals surface area contributed by atoms with Crippen LogP contribution in [0.1, 0.15) is 388 Å². The van der Waals surface area contributed by atoms with Crippen LogP contribution in [0, 0.1) is 62.3 Å². The molecule has 0 heteroatoms. The van der Waals surface area contributed by atoms with E-state index in [1.165, 1.54) is 194 Å². The smallest absolute Gasteiger partial charge is 0.0587 e. The normalized spacial score (nSPS) is 13.3. The second-order valence-corrected chi connectivity index (χ2v) is 51.3. The highest BCUT2D eigenvalue weighted by atomic mass is 14.5. The van der Waals surface area contributed by atoms with Crippen molar-refractivity contribution >= 4 is 32.3 Å². The summed E-state index contributed by atoms with van der Waals surface area (Å²) >= 11 is 0. The Kier molecular flexibility index (Phi) is 30.5. The predicted octanol–water partition coefficient (Wildman–Crippen LogP) is 38.0. The minimum absolute atomic E-state index is 0.124. The Morgan fingerprint density at radius 2 is 0.462 bits per heavy atom. The quantitative estimate of drug-likeness (QED) is 0.165. The summed E-state index contributed by atoms with van der Waals surface area (Å²) in [5.74, 6) is 0. The van der Waals surface area contributed by atoms with Crippen molar-refractivity contribution in [1.29, 1.82) is 0 Å². The molecule has 0 saturated carbocycles. The molecule has 0 aromatic heterocycles. The van der Waals surface area contributed by atoms with Crippen LogP contribution in [0.4, 0.5) is 0 Å². The predicted molar refractivity (Wildman–Crippen MR) is 581 cm³/mol. The van der Waals surface area contributed by atoms with Crippen LogP contribution >= 0.6 is 0 Å². The Morgan fingerprint density at radius 1 is 0.162 bits per heavy atom. The van der Waals surface area contributed by atoms with Crippen LogP contribution in [0.2, 0.25) is 0 Å². The van der Waals surface area contributed by atoms with Crippen molar-refractivity contribution in [1.82, 2.24) is 0 Å². The molecule has 0 heterocycles. The molecular formula is C130H172. The summed E-state index contributed by atoms with van der Waals surface area (Å²) in [7, 11) is 0. The zero-order chi connectivity index (χ0) is 97.9.